The quantitative estimate of drug-likeness (QED) is 0.196. The Hall–Kier alpha value is -1.46. The molecule has 8 N–H and O–H groups in total. The number of methoxy groups -OCH3 is 2. The van der Waals surface area contributed by atoms with E-state index in [0.717, 1.165) is 14.2 Å². The fourth-order valence-corrected chi connectivity index (χ4v) is 2.34. The molecule has 0 aromatic carbocycles. The largest absolute Gasteiger partial charge is 0.467 e. The van der Waals surface area contributed by atoms with Gasteiger partial charge in [-0.2, -0.15) is 0 Å². The second kappa shape index (κ2) is 10.4. The molecule has 2 rings (SSSR count). The number of carbonyl (C=O) groups excluding carboxylic acids is 2. The zero-order valence-electron chi connectivity index (χ0n) is 14.8. The second-order valence-corrected chi connectivity index (χ2v) is 5.88. The van der Waals surface area contributed by atoms with E-state index < -0.39 is 73.4 Å². The Balaban J connectivity index is 0.000000280. The van der Waals surface area contributed by atoms with Gasteiger partial charge in [-0.25, -0.2) is 9.59 Å². The smallest absolute Gasteiger partial charge is 0.337 e. The van der Waals surface area contributed by atoms with Crippen LogP contribution in [0.1, 0.15) is 0 Å². The van der Waals surface area contributed by atoms with E-state index in [1.54, 1.807) is 0 Å². The second-order valence-electron chi connectivity index (χ2n) is 5.88. The normalized spacial score (nSPS) is 43.4. The molecule has 164 valence electrons. The van der Waals surface area contributed by atoms with Crippen molar-refractivity contribution in [2.24, 2.45) is 0 Å². The topological polar surface area (TPSA) is 233 Å². The summed E-state index contributed by atoms with van der Waals surface area (Å²) in [6.45, 7) is 0. The van der Waals surface area contributed by atoms with E-state index in [1.807, 2.05) is 0 Å². The third kappa shape index (κ3) is 5.32. The summed E-state index contributed by atoms with van der Waals surface area (Å²) in [5.74, 6) is -1.86. The summed E-state index contributed by atoms with van der Waals surface area (Å²) in [5.41, 5.74) is 0. The monoisotopic (exact) mass is 416 g/mol. The molecule has 0 aromatic heterocycles. The van der Waals surface area contributed by atoms with Gasteiger partial charge in [0.15, 0.2) is 24.8 Å². The molecule has 0 bridgehead atoms. The highest BCUT2D eigenvalue weighted by atomic mass is 16.7. The average Bonchev–Trinajstić information content (AvgIpc) is 2.69. The standard InChI is InChI=1S/2C7H12O7/c2*1-13-7(12)5-3(9)2(8)4(10)6(11)14-5/h2*2-6,8-11H,1H3/t2*2-,3+,4?,5?,6-/m11/s1. The third-order valence-corrected chi connectivity index (χ3v) is 4.04. The Morgan fingerprint density at radius 1 is 0.571 bits per heavy atom. The van der Waals surface area contributed by atoms with Crippen molar-refractivity contribution >= 4 is 11.9 Å². The summed E-state index contributed by atoms with van der Waals surface area (Å²) in [6.07, 6.45) is -16.3. The molecule has 2 heterocycles. The molecule has 2 aliphatic rings. The summed E-state index contributed by atoms with van der Waals surface area (Å²) in [4.78, 5) is 21.9. The van der Waals surface area contributed by atoms with Crippen molar-refractivity contribution < 1.29 is 69.4 Å². The van der Waals surface area contributed by atoms with E-state index in [1.165, 1.54) is 0 Å². The van der Waals surface area contributed by atoms with Gasteiger partial charge in [0.25, 0.3) is 0 Å². The number of hydrogen-bond donors (Lipinski definition) is 8. The highest BCUT2D eigenvalue weighted by Gasteiger charge is 2.47. The zero-order chi connectivity index (χ0) is 21.8. The summed E-state index contributed by atoms with van der Waals surface area (Å²) in [7, 11) is 2.14. The molecular formula is C14H24O14. The first kappa shape index (κ1) is 24.6. The van der Waals surface area contributed by atoms with Crippen molar-refractivity contribution in [1.82, 2.24) is 0 Å². The maximum absolute atomic E-state index is 11.0. The molecule has 28 heavy (non-hydrogen) atoms. The average molecular weight is 416 g/mol. The molecule has 2 aliphatic heterocycles. The Morgan fingerprint density at radius 2 is 0.857 bits per heavy atom. The number of rotatable bonds is 2. The van der Waals surface area contributed by atoms with E-state index in [4.69, 9.17) is 20.4 Å². The van der Waals surface area contributed by atoms with E-state index in [2.05, 4.69) is 18.9 Å². The van der Waals surface area contributed by atoms with Gasteiger partial charge in [0.1, 0.15) is 36.6 Å². The molecule has 0 amide bonds. The summed E-state index contributed by atoms with van der Waals surface area (Å²) < 4.78 is 17.6. The predicted molar refractivity (Wildman–Crippen MR) is 81.8 cm³/mol. The minimum absolute atomic E-state index is 0.928. The number of hydrogen-bond acceptors (Lipinski definition) is 14. The van der Waals surface area contributed by atoms with Crippen LogP contribution in [0, 0.1) is 0 Å². The number of esters is 2. The molecule has 4 unspecified atom stereocenters. The van der Waals surface area contributed by atoms with Crippen LogP contribution in [0.25, 0.3) is 0 Å². The van der Waals surface area contributed by atoms with Gasteiger partial charge in [-0.15, -0.1) is 0 Å². The number of aliphatic hydroxyl groups is 8. The number of ether oxygens (including phenoxy) is 4. The van der Waals surface area contributed by atoms with Crippen LogP contribution in [0.3, 0.4) is 0 Å². The maximum Gasteiger partial charge on any atom is 0.337 e. The van der Waals surface area contributed by atoms with E-state index >= 15 is 0 Å². The van der Waals surface area contributed by atoms with Crippen LogP contribution in [0.2, 0.25) is 0 Å². The highest BCUT2D eigenvalue weighted by Crippen LogP contribution is 2.21. The van der Waals surface area contributed by atoms with Gasteiger partial charge >= 0.3 is 11.9 Å². The van der Waals surface area contributed by atoms with Crippen molar-refractivity contribution in [3.05, 3.63) is 0 Å². The fraction of sp³-hybridized carbons (Fsp3) is 0.857. The molecule has 2 saturated heterocycles. The minimum Gasteiger partial charge on any atom is -0.467 e. The Bertz CT molecular complexity index is 482. The van der Waals surface area contributed by atoms with E-state index in [9.17, 15) is 30.0 Å². The lowest BCUT2D eigenvalue weighted by atomic mass is 9.99. The van der Waals surface area contributed by atoms with Gasteiger partial charge in [0.05, 0.1) is 14.2 Å². The molecule has 14 heteroatoms. The number of aliphatic hydroxyl groups excluding tert-OH is 8. The lowest BCUT2D eigenvalue weighted by Crippen LogP contribution is -2.59. The van der Waals surface area contributed by atoms with Crippen molar-refractivity contribution in [3.8, 4) is 0 Å². The lowest BCUT2D eigenvalue weighted by molar-refractivity contribution is -0.280. The van der Waals surface area contributed by atoms with Gasteiger partial charge in [0, 0.05) is 0 Å². The SMILES string of the molecule is COC(=O)C1O[C@@H](O)C(O)[C@H](O)[C@@H]1O.COC(=O)C1O[C@@H](O)C(O)[C@H](O)[C@@H]1O. The first-order chi connectivity index (χ1) is 13.0. The van der Waals surface area contributed by atoms with Crippen molar-refractivity contribution in [2.45, 2.75) is 61.4 Å². The van der Waals surface area contributed by atoms with E-state index in [0.29, 0.717) is 0 Å². The van der Waals surface area contributed by atoms with Gasteiger partial charge < -0.3 is 59.8 Å². The highest BCUT2D eigenvalue weighted by molar-refractivity contribution is 5.76. The first-order valence-electron chi connectivity index (χ1n) is 7.89. The van der Waals surface area contributed by atoms with Crippen molar-refractivity contribution in [2.75, 3.05) is 14.2 Å². The third-order valence-electron chi connectivity index (χ3n) is 4.04. The van der Waals surface area contributed by atoms with Crippen LogP contribution < -0.4 is 0 Å². The molecular weight excluding hydrogens is 392 g/mol. The minimum atomic E-state index is -1.72. The zero-order valence-corrected chi connectivity index (χ0v) is 14.8. The Morgan fingerprint density at radius 3 is 1.11 bits per heavy atom. The number of carbonyl (C=O) groups is 2. The van der Waals surface area contributed by atoms with Crippen LogP contribution >= 0.6 is 0 Å². The molecule has 2 fully saturated rings. The van der Waals surface area contributed by atoms with Gasteiger partial charge in [-0.3, -0.25) is 0 Å². The molecule has 14 nitrogen and oxygen atoms in total. The van der Waals surface area contributed by atoms with Crippen LogP contribution in [-0.2, 0) is 28.5 Å². The molecule has 0 aliphatic carbocycles. The van der Waals surface area contributed by atoms with Gasteiger partial charge in [0.2, 0.25) is 0 Å². The fourth-order valence-electron chi connectivity index (χ4n) is 2.34. The Kier molecular flexibility index (Phi) is 9.09. The molecule has 0 saturated carbocycles. The van der Waals surface area contributed by atoms with Crippen molar-refractivity contribution in [3.63, 3.8) is 0 Å². The van der Waals surface area contributed by atoms with E-state index in [-0.39, 0.29) is 0 Å². The molecule has 10 atom stereocenters. The molecule has 0 aromatic rings. The first-order valence-corrected chi connectivity index (χ1v) is 7.89. The summed E-state index contributed by atoms with van der Waals surface area (Å²) in [6, 6.07) is 0. The van der Waals surface area contributed by atoms with Crippen LogP contribution in [0.15, 0.2) is 0 Å². The molecule has 0 radical (unpaired) electrons. The predicted octanol–water partition coefficient (Wildman–Crippen LogP) is -6.08. The Labute approximate surface area is 158 Å². The summed E-state index contributed by atoms with van der Waals surface area (Å²) in [5, 5.41) is 73.1. The maximum atomic E-state index is 11.0. The van der Waals surface area contributed by atoms with Crippen LogP contribution in [-0.4, -0.2) is 128 Å². The van der Waals surface area contributed by atoms with Gasteiger partial charge in [-0.05, 0) is 0 Å². The van der Waals surface area contributed by atoms with Crippen molar-refractivity contribution in [1.29, 1.82) is 0 Å². The van der Waals surface area contributed by atoms with Crippen LogP contribution in [0.5, 0.6) is 0 Å². The lowest BCUT2D eigenvalue weighted by Gasteiger charge is -2.36. The molecule has 0 spiro atoms. The summed E-state index contributed by atoms with van der Waals surface area (Å²) >= 11 is 0. The van der Waals surface area contributed by atoms with Gasteiger partial charge in [-0.1, -0.05) is 0 Å². The van der Waals surface area contributed by atoms with Crippen LogP contribution in [0.4, 0.5) is 0 Å².